The summed E-state index contributed by atoms with van der Waals surface area (Å²) in [5, 5.41) is 13.4. The molecule has 2 rings (SSSR count). The van der Waals surface area contributed by atoms with Gasteiger partial charge in [-0.15, -0.1) is 0 Å². The van der Waals surface area contributed by atoms with Crippen molar-refractivity contribution in [3.63, 3.8) is 0 Å². The Morgan fingerprint density at radius 1 is 1.15 bits per heavy atom. The number of aryl methyl sites for hydroxylation is 1. The van der Waals surface area contributed by atoms with E-state index in [-0.39, 0.29) is 18.1 Å². The molecule has 2 N–H and O–H groups in total. The Labute approximate surface area is 157 Å². The molecule has 0 fully saturated rings. The number of carbonyl (C=O) groups is 1. The highest BCUT2D eigenvalue weighted by molar-refractivity contribution is 5.91. The molecular weight excluding hydrogens is 350 g/mol. The van der Waals surface area contributed by atoms with Crippen molar-refractivity contribution < 1.29 is 24.1 Å². The summed E-state index contributed by atoms with van der Waals surface area (Å²) in [7, 11) is 5.10. The second kappa shape index (κ2) is 9.00. The molecule has 2 aromatic rings. The van der Waals surface area contributed by atoms with Crippen LogP contribution >= 0.6 is 0 Å². The smallest absolute Gasteiger partial charge is 0.279 e. The number of hydrogen-bond donors (Lipinski definition) is 2. The molecule has 0 spiro atoms. The van der Waals surface area contributed by atoms with Crippen molar-refractivity contribution in [2.24, 2.45) is 0 Å². The number of nitrogens with zero attached hydrogens (tertiary/aromatic N) is 1. The highest BCUT2D eigenvalue weighted by Gasteiger charge is 2.15. The molecule has 1 amide bonds. The van der Waals surface area contributed by atoms with Crippen molar-refractivity contribution in [2.75, 3.05) is 33.1 Å². The van der Waals surface area contributed by atoms with Gasteiger partial charge in [0.25, 0.3) is 11.6 Å². The third kappa shape index (κ3) is 5.42. The number of hydrogen-bond acceptors (Lipinski definition) is 5. The van der Waals surface area contributed by atoms with Gasteiger partial charge in [0.05, 0.1) is 26.2 Å². The molecule has 1 atom stereocenters. The fraction of sp³-hybridized carbons (Fsp3) is 0.316. The predicted molar refractivity (Wildman–Crippen MR) is 101 cm³/mol. The van der Waals surface area contributed by atoms with E-state index in [1.54, 1.807) is 14.2 Å². The summed E-state index contributed by atoms with van der Waals surface area (Å²) in [5.74, 6) is 1.16. The Kier molecular flexibility index (Phi) is 6.73. The third-order valence-electron chi connectivity index (χ3n) is 4.16. The van der Waals surface area contributed by atoms with Crippen LogP contribution in [0.2, 0.25) is 0 Å². The van der Waals surface area contributed by atoms with Gasteiger partial charge in [-0.05, 0) is 36.8 Å². The van der Waals surface area contributed by atoms with E-state index in [0.717, 1.165) is 16.0 Å². The minimum atomic E-state index is -0.477. The van der Waals surface area contributed by atoms with Gasteiger partial charge in [-0.2, -0.15) is 0 Å². The minimum Gasteiger partial charge on any atom is -0.493 e. The van der Waals surface area contributed by atoms with Gasteiger partial charge in [-0.3, -0.25) is 14.9 Å². The second-order valence-electron chi connectivity index (χ2n) is 6.30. The molecule has 0 saturated heterocycles. The molecule has 8 nitrogen and oxygen atoms in total. The summed E-state index contributed by atoms with van der Waals surface area (Å²) >= 11 is 0. The number of quaternary nitrogens is 1. The summed E-state index contributed by atoms with van der Waals surface area (Å²) in [5.41, 5.74) is 2.64. The van der Waals surface area contributed by atoms with E-state index in [0.29, 0.717) is 23.7 Å². The van der Waals surface area contributed by atoms with Crippen LogP contribution in [0.1, 0.15) is 11.1 Å². The average Bonchev–Trinajstić information content (AvgIpc) is 2.63. The summed E-state index contributed by atoms with van der Waals surface area (Å²) in [4.78, 5) is 23.4. The van der Waals surface area contributed by atoms with Crippen LogP contribution in [-0.2, 0) is 11.3 Å². The molecule has 0 radical (unpaired) electrons. The fourth-order valence-electron chi connectivity index (χ4n) is 2.75. The van der Waals surface area contributed by atoms with E-state index < -0.39 is 4.92 Å². The zero-order valence-electron chi connectivity index (χ0n) is 15.9. The fourth-order valence-corrected chi connectivity index (χ4v) is 2.75. The highest BCUT2D eigenvalue weighted by Crippen LogP contribution is 2.29. The molecule has 1 unspecified atom stereocenters. The van der Waals surface area contributed by atoms with Crippen LogP contribution in [-0.4, -0.2) is 38.6 Å². The first kappa shape index (κ1) is 20.2. The lowest BCUT2D eigenvalue weighted by molar-refractivity contribution is -0.885. The zero-order valence-corrected chi connectivity index (χ0v) is 15.9. The molecule has 0 saturated carbocycles. The number of rotatable bonds is 8. The maximum absolute atomic E-state index is 12.2. The summed E-state index contributed by atoms with van der Waals surface area (Å²) < 4.78 is 10.6. The topological polar surface area (TPSA) is 95.1 Å². The van der Waals surface area contributed by atoms with Crippen molar-refractivity contribution in [3.05, 3.63) is 57.6 Å². The Morgan fingerprint density at radius 3 is 2.30 bits per heavy atom. The van der Waals surface area contributed by atoms with E-state index in [9.17, 15) is 14.9 Å². The van der Waals surface area contributed by atoms with E-state index in [1.165, 1.54) is 24.3 Å². The molecule has 0 aliphatic heterocycles. The second-order valence-corrected chi connectivity index (χ2v) is 6.30. The minimum absolute atomic E-state index is 0.0142. The van der Waals surface area contributed by atoms with E-state index in [1.807, 2.05) is 26.1 Å². The quantitative estimate of drug-likeness (QED) is 0.540. The maximum atomic E-state index is 12.2. The van der Waals surface area contributed by atoms with Crippen molar-refractivity contribution in [1.29, 1.82) is 0 Å². The SMILES string of the molecule is COc1cc(C)c(C[NH+](C)CC(=O)Nc2ccc([N+](=O)[O-])cc2)cc1OC. The van der Waals surface area contributed by atoms with Gasteiger partial charge in [0.1, 0.15) is 6.54 Å². The van der Waals surface area contributed by atoms with Crippen LogP contribution in [0.25, 0.3) is 0 Å². The first-order valence-electron chi connectivity index (χ1n) is 8.41. The Morgan fingerprint density at radius 2 is 1.74 bits per heavy atom. The number of amides is 1. The number of carbonyl (C=O) groups excluding carboxylic acids is 1. The molecule has 0 bridgehead atoms. The number of methoxy groups -OCH3 is 2. The number of nitro groups is 1. The van der Waals surface area contributed by atoms with Crippen molar-refractivity contribution in [1.82, 2.24) is 0 Å². The Balaban J connectivity index is 1.97. The van der Waals surface area contributed by atoms with Crippen molar-refractivity contribution in [3.8, 4) is 11.5 Å². The lowest BCUT2D eigenvalue weighted by Crippen LogP contribution is -3.08. The van der Waals surface area contributed by atoms with Gasteiger partial charge in [0, 0.05) is 23.4 Å². The largest absolute Gasteiger partial charge is 0.493 e. The number of ether oxygens (including phenoxy) is 2. The lowest BCUT2D eigenvalue weighted by atomic mass is 10.1. The Hall–Kier alpha value is -3.13. The molecule has 0 heterocycles. The maximum Gasteiger partial charge on any atom is 0.279 e. The van der Waals surface area contributed by atoms with Crippen molar-refractivity contribution >= 4 is 17.3 Å². The monoisotopic (exact) mass is 374 g/mol. The average molecular weight is 374 g/mol. The van der Waals surface area contributed by atoms with E-state index in [2.05, 4.69) is 5.32 Å². The number of benzene rings is 2. The Bertz CT molecular complexity index is 821. The number of anilines is 1. The summed E-state index contributed by atoms with van der Waals surface area (Å²) in [6, 6.07) is 9.59. The normalized spacial score (nSPS) is 11.6. The lowest BCUT2D eigenvalue weighted by Gasteiger charge is -2.17. The van der Waals surface area contributed by atoms with E-state index in [4.69, 9.17) is 9.47 Å². The van der Waals surface area contributed by atoms with Crippen LogP contribution in [0, 0.1) is 17.0 Å². The molecule has 144 valence electrons. The number of nitrogens with one attached hydrogen (secondary N) is 2. The van der Waals surface area contributed by atoms with Crippen LogP contribution in [0.4, 0.5) is 11.4 Å². The van der Waals surface area contributed by atoms with Gasteiger partial charge < -0.3 is 19.7 Å². The van der Waals surface area contributed by atoms with Crippen LogP contribution in [0.3, 0.4) is 0 Å². The molecule has 2 aromatic carbocycles. The number of likely N-dealkylation sites (N-methyl/N-ethyl adjacent to an activating group) is 1. The van der Waals surface area contributed by atoms with Gasteiger partial charge >= 0.3 is 0 Å². The van der Waals surface area contributed by atoms with Crippen LogP contribution < -0.4 is 19.7 Å². The third-order valence-corrected chi connectivity index (χ3v) is 4.16. The molecule has 0 aliphatic rings. The van der Waals surface area contributed by atoms with Gasteiger partial charge in [0.15, 0.2) is 18.0 Å². The molecular formula is C19H24N3O5+. The van der Waals surface area contributed by atoms with E-state index >= 15 is 0 Å². The molecule has 0 aliphatic carbocycles. The standard InChI is InChI=1S/C19H23N3O5/c1-13-9-17(26-3)18(27-4)10-14(13)11-21(2)12-19(23)20-15-5-7-16(8-6-15)22(24)25/h5-10H,11-12H2,1-4H3,(H,20,23)/p+1. The van der Waals surface area contributed by atoms with Gasteiger partial charge in [-0.1, -0.05) is 0 Å². The molecule has 0 aromatic heterocycles. The zero-order chi connectivity index (χ0) is 20.0. The predicted octanol–water partition coefficient (Wildman–Crippen LogP) is 1.57. The summed E-state index contributed by atoms with van der Waals surface area (Å²) in [6.07, 6.45) is 0. The van der Waals surface area contributed by atoms with Crippen molar-refractivity contribution in [2.45, 2.75) is 13.5 Å². The molecule has 8 heteroatoms. The number of nitro benzene ring substituents is 1. The molecule has 27 heavy (non-hydrogen) atoms. The summed E-state index contributed by atoms with van der Waals surface area (Å²) in [6.45, 7) is 2.88. The van der Waals surface area contributed by atoms with Gasteiger partial charge in [-0.25, -0.2) is 0 Å². The highest BCUT2D eigenvalue weighted by atomic mass is 16.6. The number of non-ortho nitro benzene ring substituents is 1. The first-order valence-corrected chi connectivity index (χ1v) is 8.41. The van der Waals surface area contributed by atoms with Crippen LogP contribution in [0.15, 0.2) is 36.4 Å². The first-order chi connectivity index (χ1) is 12.8. The van der Waals surface area contributed by atoms with Gasteiger partial charge in [0.2, 0.25) is 0 Å². The van der Waals surface area contributed by atoms with Crippen LogP contribution in [0.5, 0.6) is 11.5 Å².